The van der Waals surface area contributed by atoms with Gasteiger partial charge in [-0.1, -0.05) is 19.3 Å². The summed E-state index contributed by atoms with van der Waals surface area (Å²) in [6.45, 7) is 0. The maximum absolute atomic E-state index is 13.4. The molecule has 0 radical (unpaired) electrons. The SMILES string of the molecule is O=C(Nc1c(C(=O)O)[nH]c2ccc(F)cc12)NC1CCCCC1. The van der Waals surface area contributed by atoms with Gasteiger partial charge >= 0.3 is 12.0 Å². The normalized spacial score (nSPS) is 15.5. The fourth-order valence-corrected chi connectivity index (χ4v) is 3.04. The number of amides is 2. The summed E-state index contributed by atoms with van der Waals surface area (Å²) < 4.78 is 13.4. The molecular formula is C16H18FN3O3. The van der Waals surface area contributed by atoms with Crippen LogP contribution in [0, 0.1) is 5.82 Å². The van der Waals surface area contributed by atoms with E-state index in [-0.39, 0.29) is 17.4 Å². The van der Waals surface area contributed by atoms with Gasteiger partial charge in [-0.2, -0.15) is 0 Å². The number of aromatic nitrogens is 1. The molecule has 2 amide bonds. The van der Waals surface area contributed by atoms with E-state index in [0.717, 1.165) is 25.7 Å². The Morgan fingerprint density at radius 2 is 1.96 bits per heavy atom. The molecule has 1 saturated carbocycles. The van der Waals surface area contributed by atoms with Crippen molar-refractivity contribution in [3.8, 4) is 0 Å². The Hall–Kier alpha value is -2.57. The number of carbonyl (C=O) groups excluding carboxylic acids is 1. The van der Waals surface area contributed by atoms with Gasteiger partial charge in [-0.25, -0.2) is 14.0 Å². The van der Waals surface area contributed by atoms with Gasteiger partial charge in [0.25, 0.3) is 0 Å². The Balaban J connectivity index is 1.85. The first-order chi connectivity index (χ1) is 11.0. The molecule has 1 aromatic carbocycles. The molecule has 6 nitrogen and oxygen atoms in total. The van der Waals surface area contributed by atoms with Gasteiger partial charge < -0.3 is 20.7 Å². The minimum atomic E-state index is -1.21. The molecule has 7 heteroatoms. The molecule has 1 aromatic heterocycles. The minimum absolute atomic E-state index is 0.0836. The van der Waals surface area contributed by atoms with Crippen LogP contribution in [0.25, 0.3) is 10.9 Å². The number of halogens is 1. The Morgan fingerprint density at radius 1 is 1.22 bits per heavy atom. The Morgan fingerprint density at radius 3 is 2.65 bits per heavy atom. The Labute approximate surface area is 132 Å². The lowest BCUT2D eigenvalue weighted by Gasteiger charge is -2.22. The van der Waals surface area contributed by atoms with Gasteiger partial charge in [-0.3, -0.25) is 0 Å². The van der Waals surface area contributed by atoms with Crippen LogP contribution in [0.2, 0.25) is 0 Å². The molecule has 0 atom stereocenters. The maximum atomic E-state index is 13.4. The molecule has 0 spiro atoms. The number of urea groups is 1. The number of hydrogen-bond acceptors (Lipinski definition) is 2. The van der Waals surface area contributed by atoms with Gasteiger partial charge in [-0.15, -0.1) is 0 Å². The second kappa shape index (κ2) is 6.28. The number of carboxylic acid groups (broad SMARTS) is 1. The van der Waals surface area contributed by atoms with E-state index >= 15 is 0 Å². The molecule has 0 bridgehead atoms. The predicted octanol–water partition coefficient (Wildman–Crippen LogP) is 3.46. The van der Waals surface area contributed by atoms with E-state index < -0.39 is 17.8 Å². The number of aromatic amines is 1. The lowest BCUT2D eigenvalue weighted by Crippen LogP contribution is -2.39. The third-order valence-electron chi connectivity index (χ3n) is 4.15. The number of carbonyl (C=O) groups is 2. The molecule has 2 aromatic rings. The third kappa shape index (κ3) is 3.28. The zero-order valence-electron chi connectivity index (χ0n) is 12.5. The van der Waals surface area contributed by atoms with E-state index in [2.05, 4.69) is 15.6 Å². The van der Waals surface area contributed by atoms with Gasteiger partial charge in [0, 0.05) is 16.9 Å². The van der Waals surface area contributed by atoms with Crippen molar-refractivity contribution in [2.75, 3.05) is 5.32 Å². The summed E-state index contributed by atoms with van der Waals surface area (Å²) in [5.41, 5.74) is 0.376. The van der Waals surface area contributed by atoms with E-state index in [1.54, 1.807) is 0 Å². The number of aromatic carboxylic acids is 1. The van der Waals surface area contributed by atoms with E-state index in [1.165, 1.54) is 24.6 Å². The van der Waals surface area contributed by atoms with Crippen molar-refractivity contribution in [2.24, 2.45) is 0 Å². The molecule has 1 aliphatic carbocycles. The minimum Gasteiger partial charge on any atom is -0.477 e. The molecule has 0 aliphatic heterocycles. The number of anilines is 1. The van der Waals surface area contributed by atoms with Crippen molar-refractivity contribution < 1.29 is 19.1 Å². The Kier molecular flexibility index (Phi) is 4.18. The number of hydrogen-bond donors (Lipinski definition) is 4. The summed E-state index contributed by atoms with van der Waals surface area (Å²) in [4.78, 5) is 26.2. The monoisotopic (exact) mass is 319 g/mol. The van der Waals surface area contributed by atoms with Gasteiger partial charge in [0.1, 0.15) is 11.5 Å². The van der Waals surface area contributed by atoms with Gasteiger partial charge in [0.15, 0.2) is 0 Å². The summed E-state index contributed by atoms with van der Waals surface area (Å²) in [6, 6.07) is 3.51. The smallest absolute Gasteiger partial charge is 0.354 e. The fraction of sp³-hybridized carbons (Fsp3) is 0.375. The van der Waals surface area contributed by atoms with Crippen molar-refractivity contribution in [2.45, 2.75) is 38.1 Å². The van der Waals surface area contributed by atoms with Gasteiger partial charge in [-0.05, 0) is 31.0 Å². The second-order valence-corrected chi connectivity index (χ2v) is 5.80. The third-order valence-corrected chi connectivity index (χ3v) is 4.15. The van der Waals surface area contributed by atoms with Crippen LogP contribution in [0.4, 0.5) is 14.9 Å². The predicted molar refractivity (Wildman–Crippen MR) is 84.2 cm³/mol. The molecule has 0 unspecified atom stereocenters. The molecule has 4 N–H and O–H groups in total. The van der Waals surface area contributed by atoms with Crippen LogP contribution < -0.4 is 10.6 Å². The van der Waals surface area contributed by atoms with Gasteiger partial charge in [0.2, 0.25) is 0 Å². The van der Waals surface area contributed by atoms with Crippen LogP contribution in [0.1, 0.15) is 42.6 Å². The number of benzene rings is 1. The van der Waals surface area contributed by atoms with Crippen molar-refractivity contribution in [3.05, 3.63) is 29.7 Å². The van der Waals surface area contributed by atoms with Crippen LogP contribution in [0.15, 0.2) is 18.2 Å². The average Bonchev–Trinajstić information content (AvgIpc) is 2.86. The van der Waals surface area contributed by atoms with E-state index in [9.17, 15) is 19.1 Å². The Bertz CT molecular complexity index is 750. The number of nitrogens with one attached hydrogen (secondary N) is 3. The molecule has 1 heterocycles. The highest BCUT2D eigenvalue weighted by Gasteiger charge is 2.21. The van der Waals surface area contributed by atoms with Crippen LogP contribution in [-0.4, -0.2) is 28.1 Å². The highest BCUT2D eigenvalue weighted by atomic mass is 19.1. The van der Waals surface area contributed by atoms with Crippen LogP contribution in [0.3, 0.4) is 0 Å². The zero-order valence-corrected chi connectivity index (χ0v) is 12.5. The largest absolute Gasteiger partial charge is 0.477 e. The van der Waals surface area contributed by atoms with E-state index in [4.69, 9.17) is 0 Å². The summed E-state index contributed by atoms with van der Waals surface area (Å²) in [7, 11) is 0. The first kappa shape index (κ1) is 15.3. The summed E-state index contributed by atoms with van der Waals surface area (Å²) >= 11 is 0. The highest BCUT2D eigenvalue weighted by molar-refractivity contribution is 6.10. The molecule has 1 fully saturated rings. The van der Waals surface area contributed by atoms with Crippen molar-refractivity contribution in [1.82, 2.24) is 10.3 Å². The standard InChI is InChI=1S/C16H18FN3O3/c17-9-6-7-12-11(8-9)13(14(19-12)15(21)22)20-16(23)18-10-4-2-1-3-5-10/h6-8,10,19H,1-5H2,(H,21,22)(H2,18,20,23). The second-order valence-electron chi connectivity index (χ2n) is 5.80. The molecular weight excluding hydrogens is 301 g/mol. The molecule has 1 aliphatic rings. The highest BCUT2D eigenvalue weighted by Crippen LogP contribution is 2.28. The van der Waals surface area contributed by atoms with Crippen molar-refractivity contribution in [1.29, 1.82) is 0 Å². The first-order valence-electron chi connectivity index (χ1n) is 7.66. The lowest BCUT2D eigenvalue weighted by molar-refractivity contribution is 0.0692. The fourth-order valence-electron chi connectivity index (χ4n) is 3.04. The average molecular weight is 319 g/mol. The van der Waals surface area contributed by atoms with E-state index in [0.29, 0.717) is 10.9 Å². The molecule has 3 rings (SSSR count). The van der Waals surface area contributed by atoms with Crippen LogP contribution >= 0.6 is 0 Å². The summed E-state index contributed by atoms with van der Waals surface area (Å²) in [5.74, 6) is -1.71. The maximum Gasteiger partial charge on any atom is 0.354 e. The first-order valence-corrected chi connectivity index (χ1v) is 7.66. The lowest BCUT2D eigenvalue weighted by atomic mass is 9.96. The van der Waals surface area contributed by atoms with E-state index in [1.807, 2.05) is 0 Å². The van der Waals surface area contributed by atoms with Gasteiger partial charge in [0.05, 0.1) is 5.69 Å². The van der Waals surface area contributed by atoms with Crippen molar-refractivity contribution in [3.63, 3.8) is 0 Å². The molecule has 0 saturated heterocycles. The topological polar surface area (TPSA) is 94.2 Å². The number of H-pyrrole nitrogens is 1. The number of carboxylic acids is 1. The quantitative estimate of drug-likeness (QED) is 0.698. The summed E-state index contributed by atoms with van der Waals surface area (Å²) in [6.07, 6.45) is 5.15. The molecule has 122 valence electrons. The van der Waals surface area contributed by atoms with Crippen LogP contribution in [0.5, 0.6) is 0 Å². The molecule has 23 heavy (non-hydrogen) atoms. The van der Waals surface area contributed by atoms with Crippen molar-refractivity contribution >= 4 is 28.6 Å². The van der Waals surface area contributed by atoms with Crippen LogP contribution in [-0.2, 0) is 0 Å². The number of fused-ring (bicyclic) bond motifs is 1. The zero-order chi connectivity index (χ0) is 16.4. The number of rotatable bonds is 3. The summed E-state index contributed by atoms with van der Waals surface area (Å²) in [5, 5.41) is 15.0.